The van der Waals surface area contributed by atoms with Crippen molar-refractivity contribution in [2.75, 3.05) is 0 Å². The Hall–Kier alpha value is -7.56. The van der Waals surface area contributed by atoms with Crippen LogP contribution in [0.15, 0.2) is 182 Å². The summed E-state index contributed by atoms with van der Waals surface area (Å²) in [4.78, 5) is 11.2. The van der Waals surface area contributed by atoms with Gasteiger partial charge in [-0.1, -0.05) is 158 Å². The number of fused-ring (bicyclic) bond motifs is 15. The van der Waals surface area contributed by atoms with Gasteiger partial charge in [0.05, 0.1) is 38.8 Å². The molecule has 4 aromatic heterocycles. The lowest BCUT2D eigenvalue weighted by atomic mass is 9.99. The first-order valence-corrected chi connectivity index (χ1v) is 19.2. The van der Waals surface area contributed by atoms with E-state index >= 15 is 0 Å². The maximum atomic E-state index is 5.62. The van der Waals surface area contributed by atoms with Crippen LogP contribution in [-0.2, 0) is 0 Å². The number of aromatic nitrogens is 4. The van der Waals surface area contributed by atoms with Crippen LogP contribution in [0, 0.1) is 0 Å². The average Bonchev–Trinajstić information content (AvgIpc) is 3.91. The molecular formula is C52H30N4. The van der Waals surface area contributed by atoms with Gasteiger partial charge in [-0.2, -0.15) is 0 Å². The van der Waals surface area contributed by atoms with Gasteiger partial charge in [-0.3, -0.25) is 4.57 Å². The Bertz CT molecular complexity index is 3740. The van der Waals surface area contributed by atoms with Crippen LogP contribution < -0.4 is 0 Å². The number of hydrogen-bond donors (Lipinski definition) is 0. The van der Waals surface area contributed by atoms with Crippen LogP contribution in [0.4, 0.5) is 0 Å². The van der Waals surface area contributed by atoms with E-state index in [0.717, 1.165) is 44.0 Å². The second-order valence-corrected chi connectivity index (χ2v) is 14.9. The quantitative estimate of drug-likeness (QED) is 0.171. The molecule has 0 bridgehead atoms. The van der Waals surface area contributed by atoms with Gasteiger partial charge in [0.15, 0.2) is 0 Å². The van der Waals surface area contributed by atoms with E-state index in [-0.39, 0.29) is 0 Å². The van der Waals surface area contributed by atoms with E-state index in [1.54, 1.807) is 0 Å². The molecule has 0 fully saturated rings. The minimum Gasteiger partial charge on any atom is -0.308 e. The minimum absolute atomic E-state index is 0.661. The monoisotopic (exact) mass is 710 g/mol. The summed E-state index contributed by atoms with van der Waals surface area (Å²) in [5, 5.41) is 13.1. The molecule has 0 spiro atoms. The molecule has 0 aliphatic heterocycles. The topological polar surface area (TPSA) is 35.1 Å². The molecule has 9 aromatic carbocycles. The Labute approximate surface area is 320 Å². The van der Waals surface area contributed by atoms with Crippen molar-refractivity contribution in [2.45, 2.75) is 0 Å². The molecule has 4 heteroatoms. The molecular weight excluding hydrogens is 681 g/mol. The number of nitrogens with zero attached hydrogens (tertiary/aromatic N) is 4. The van der Waals surface area contributed by atoms with E-state index in [1.165, 1.54) is 70.8 Å². The van der Waals surface area contributed by atoms with Crippen molar-refractivity contribution in [3.05, 3.63) is 182 Å². The number of rotatable bonds is 3. The SMILES string of the molecule is c1ccc(-c2ccc(-c3nc(-n4c5cc6c7ccccc7n7c8ccccc8c(c5c5ccc8ccccc8c54)c67)nc4c3ccc3ccccc34)cc2)cc1. The van der Waals surface area contributed by atoms with Gasteiger partial charge in [0.25, 0.3) is 0 Å². The molecule has 0 amide bonds. The Morgan fingerprint density at radius 1 is 0.339 bits per heavy atom. The second-order valence-electron chi connectivity index (χ2n) is 14.9. The smallest absolute Gasteiger partial charge is 0.235 e. The van der Waals surface area contributed by atoms with Crippen molar-refractivity contribution in [3.63, 3.8) is 0 Å². The van der Waals surface area contributed by atoms with Crippen molar-refractivity contribution in [1.29, 1.82) is 0 Å². The van der Waals surface area contributed by atoms with Gasteiger partial charge in [0.2, 0.25) is 5.95 Å². The Balaban J connectivity index is 1.22. The van der Waals surface area contributed by atoms with Crippen LogP contribution in [0.2, 0.25) is 0 Å². The fourth-order valence-electron chi connectivity index (χ4n) is 9.60. The standard InChI is InChI=1S/C52H30N4/c1-2-12-31(13-3-1)32-22-24-35(25-23-32)48-41-29-27-33-14-4-6-16-36(33)49(41)54-52(53-48)56-45-30-42-38-18-8-10-20-43(38)55-44-21-11-9-19-39(44)47(51(42)55)46(45)40-28-26-34-15-5-7-17-37(34)50(40)56/h1-30H. The van der Waals surface area contributed by atoms with Gasteiger partial charge in [-0.25, -0.2) is 9.97 Å². The molecule has 56 heavy (non-hydrogen) atoms. The lowest BCUT2D eigenvalue weighted by Crippen LogP contribution is -2.04. The molecule has 0 unspecified atom stereocenters. The normalized spacial score (nSPS) is 12.3. The number of hydrogen-bond acceptors (Lipinski definition) is 2. The van der Waals surface area contributed by atoms with E-state index in [2.05, 4.69) is 191 Å². The van der Waals surface area contributed by atoms with Gasteiger partial charge < -0.3 is 4.40 Å². The summed E-state index contributed by atoms with van der Waals surface area (Å²) in [5.74, 6) is 0.661. The molecule has 4 nitrogen and oxygen atoms in total. The highest BCUT2D eigenvalue weighted by Gasteiger charge is 2.26. The highest BCUT2D eigenvalue weighted by molar-refractivity contribution is 6.37. The molecule has 13 aromatic rings. The molecule has 0 saturated carbocycles. The van der Waals surface area contributed by atoms with E-state index in [1.807, 2.05) is 0 Å². The predicted molar refractivity (Wildman–Crippen MR) is 234 cm³/mol. The van der Waals surface area contributed by atoms with Gasteiger partial charge in [-0.15, -0.1) is 0 Å². The van der Waals surface area contributed by atoms with Crippen molar-refractivity contribution in [1.82, 2.24) is 18.9 Å². The Morgan fingerprint density at radius 2 is 0.929 bits per heavy atom. The Kier molecular flexibility index (Phi) is 5.86. The Morgan fingerprint density at radius 3 is 1.71 bits per heavy atom. The van der Waals surface area contributed by atoms with Crippen LogP contribution in [-0.4, -0.2) is 18.9 Å². The molecule has 258 valence electrons. The first-order valence-electron chi connectivity index (χ1n) is 19.2. The van der Waals surface area contributed by atoms with Gasteiger partial charge in [-0.05, 0) is 46.2 Å². The van der Waals surface area contributed by atoms with Crippen LogP contribution in [0.1, 0.15) is 0 Å². The van der Waals surface area contributed by atoms with Crippen molar-refractivity contribution in [3.8, 4) is 28.3 Å². The van der Waals surface area contributed by atoms with E-state index in [9.17, 15) is 0 Å². The lowest BCUT2D eigenvalue weighted by molar-refractivity contribution is 1.02. The van der Waals surface area contributed by atoms with Gasteiger partial charge in [0.1, 0.15) is 0 Å². The second kappa shape index (κ2) is 11.0. The third-order valence-corrected chi connectivity index (χ3v) is 12.0. The molecule has 4 heterocycles. The molecule has 13 rings (SSSR count). The zero-order chi connectivity index (χ0) is 36.5. The first-order chi connectivity index (χ1) is 27.8. The van der Waals surface area contributed by atoms with Crippen LogP contribution in [0.5, 0.6) is 0 Å². The number of para-hydroxylation sites is 2. The van der Waals surface area contributed by atoms with E-state index in [0.29, 0.717) is 5.95 Å². The molecule has 0 aliphatic carbocycles. The summed E-state index contributed by atoms with van der Waals surface area (Å²) < 4.78 is 4.83. The molecule has 0 radical (unpaired) electrons. The summed E-state index contributed by atoms with van der Waals surface area (Å²) >= 11 is 0. The van der Waals surface area contributed by atoms with E-state index < -0.39 is 0 Å². The molecule has 0 saturated heterocycles. The van der Waals surface area contributed by atoms with Crippen LogP contribution in [0.3, 0.4) is 0 Å². The number of benzene rings is 9. The highest BCUT2D eigenvalue weighted by atomic mass is 15.2. The molecule has 0 N–H and O–H groups in total. The van der Waals surface area contributed by atoms with Gasteiger partial charge in [0, 0.05) is 54.0 Å². The molecule has 0 aliphatic rings. The summed E-state index contributed by atoms with van der Waals surface area (Å²) in [6.45, 7) is 0. The zero-order valence-electron chi connectivity index (χ0n) is 30.1. The summed E-state index contributed by atoms with van der Waals surface area (Å²) in [6, 6.07) is 65.7. The van der Waals surface area contributed by atoms with Crippen LogP contribution in [0.25, 0.3) is 121 Å². The largest absolute Gasteiger partial charge is 0.308 e. The van der Waals surface area contributed by atoms with Crippen molar-refractivity contribution < 1.29 is 0 Å². The lowest BCUT2D eigenvalue weighted by Gasteiger charge is -2.14. The highest BCUT2D eigenvalue weighted by Crippen LogP contribution is 2.48. The molecule has 0 atom stereocenters. The predicted octanol–water partition coefficient (Wildman–Crippen LogP) is 13.5. The van der Waals surface area contributed by atoms with E-state index in [4.69, 9.17) is 9.97 Å². The van der Waals surface area contributed by atoms with Crippen molar-refractivity contribution in [2.24, 2.45) is 0 Å². The first kappa shape index (κ1) is 29.8. The average molecular weight is 711 g/mol. The maximum Gasteiger partial charge on any atom is 0.235 e. The van der Waals surface area contributed by atoms with Gasteiger partial charge >= 0.3 is 0 Å². The fourth-order valence-corrected chi connectivity index (χ4v) is 9.60. The van der Waals surface area contributed by atoms with Crippen LogP contribution >= 0.6 is 0 Å². The summed E-state index contributed by atoms with van der Waals surface area (Å²) in [7, 11) is 0. The van der Waals surface area contributed by atoms with Crippen molar-refractivity contribution >= 4 is 92.3 Å². The fraction of sp³-hybridized carbons (Fsp3) is 0. The third kappa shape index (κ3) is 3.92. The summed E-state index contributed by atoms with van der Waals surface area (Å²) in [5.41, 5.74) is 11.2. The zero-order valence-corrected chi connectivity index (χ0v) is 30.1. The maximum absolute atomic E-state index is 5.62. The minimum atomic E-state index is 0.661. The summed E-state index contributed by atoms with van der Waals surface area (Å²) in [6.07, 6.45) is 0. The third-order valence-electron chi connectivity index (χ3n) is 12.0.